The Morgan fingerprint density at radius 2 is 1.97 bits per heavy atom. The molecule has 29 heavy (non-hydrogen) atoms. The lowest BCUT2D eigenvalue weighted by molar-refractivity contribution is 0.0647. The van der Waals surface area contributed by atoms with Gasteiger partial charge in [0, 0.05) is 43.7 Å². The third-order valence-electron chi connectivity index (χ3n) is 6.36. The average Bonchev–Trinajstić information content (AvgIpc) is 3.23. The zero-order valence-electron chi connectivity index (χ0n) is 17.3. The number of nitrogens with zero attached hydrogens (tertiary/aromatic N) is 3. The number of aromatic nitrogens is 2. The molecule has 6 nitrogen and oxygen atoms in total. The van der Waals surface area contributed by atoms with Crippen molar-refractivity contribution < 1.29 is 9.53 Å². The Kier molecular flexibility index (Phi) is 6.49. The number of H-pyrrole nitrogens is 1. The summed E-state index contributed by atoms with van der Waals surface area (Å²) in [6.07, 6.45) is 7.26. The molecule has 0 bridgehead atoms. The molecule has 1 aromatic heterocycles. The Bertz CT molecular complexity index is 783. The molecule has 2 aromatic rings. The second kappa shape index (κ2) is 9.44. The first-order valence-electron chi connectivity index (χ1n) is 11.0. The third kappa shape index (κ3) is 4.81. The first kappa shape index (κ1) is 20.0. The molecule has 1 atom stereocenters. The van der Waals surface area contributed by atoms with Crippen molar-refractivity contribution in [3.63, 3.8) is 0 Å². The van der Waals surface area contributed by atoms with Crippen molar-refractivity contribution in [2.75, 3.05) is 32.8 Å². The maximum absolute atomic E-state index is 12.0. The van der Waals surface area contributed by atoms with Gasteiger partial charge in [0.05, 0.1) is 12.8 Å². The molecule has 2 aliphatic rings. The Morgan fingerprint density at radius 3 is 2.72 bits per heavy atom. The van der Waals surface area contributed by atoms with Gasteiger partial charge in [0.1, 0.15) is 0 Å². The Morgan fingerprint density at radius 1 is 1.17 bits per heavy atom. The maximum atomic E-state index is 12.0. The van der Waals surface area contributed by atoms with Crippen molar-refractivity contribution in [1.82, 2.24) is 20.0 Å². The molecule has 2 saturated heterocycles. The van der Waals surface area contributed by atoms with Gasteiger partial charge in [-0.2, -0.15) is 5.10 Å². The van der Waals surface area contributed by atoms with E-state index in [2.05, 4.69) is 45.4 Å². The predicted molar refractivity (Wildman–Crippen MR) is 113 cm³/mol. The van der Waals surface area contributed by atoms with E-state index in [4.69, 9.17) is 4.74 Å². The van der Waals surface area contributed by atoms with Crippen molar-refractivity contribution >= 4 is 6.09 Å². The molecule has 0 spiro atoms. The number of likely N-dealkylation sites (tertiary alicyclic amines) is 2. The van der Waals surface area contributed by atoms with Gasteiger partial charge in [0.15, 0.2) is 0 Å². The number of hydrogen-bond donors (Lipinski definition) is 1. The molecule has 1 aromatic carbocycles. The summed E-state index contributed by atoms with van der Waals surface area (Å²) in [6.45, 7) is 6.14. The van der Waals surface area contributed by atoms with Crippen LogP contribution in [0.3, 0.4) is 0 Å². The fraction of sp³-hybridized carbons (Fsp3) is 0.565. The first-order chi connectivity index (χ1) is 14.2. The summed E-state index contributed by atoms with van der Waals surface area (Å²) in [4.78, 5) is 16.5. The molecule has 2 fully saturated rings. The van der Waals surface area contributed by atoms with Crippen molar-refractivity contribution in [2.45, 2.75) is 51.0 Å². The smallest absolute Gasteiger partial charge is 0.409 e. The number of nitrogens with one attached hydrogen (secondary N) is 1. The van der Waals surface area contributed by atoms with Crippen molar-refractivity contribution in [3.8, 4) is 0 Å². The lowest BCUT2D eigenvalue weighted by Gasteiger charge is -2.42. The Hall–Kier alpha value is -2.34. The average molecular weight is 397 g/mol. The van der Waals surface area contributed by atoms with Gasteiger partial charge in [-0.3, -0.25) is 10.00 Å². The zero-order chi connectivity index (χ0) is 20.1. The number of ether oxygens (including phenoxy) is 1. The van der Waals surface area contributed by atoms with E-state index in [1.807, 2.05) is 18.0 Å². The van der Waals surface area contributed by atoms with Crippen LogP contribution in [0.4, 0.5) is 4.79 Å². The standard InChI is InChI=1S/C23H32N4O2/c1-2-29-23(28)26-13-10-21(11-14-26)27-12-6-9-19(17-27)22-20(16-24-25-22)15-18-7-4-3-5-8-18/h3-5,7-8,16,19,21H,2,6,9-15,17H2,1H3,(H,24,25). The van der Waals surface area contributed by atoms with Gasteiger partial charge in [-0.1, -0.05) is 30.3 Å². The van der Waals surface area contributed by atoms with E-state index in [0.29, 0.717) is 18.6 Å². The van der Waals surface area contributed by atoms with Crippen LogP contribution in [-0.2, 0) is 11.2 Å². The highest BCUT2D eigenvalue weighted by atomic mass is 16.6. The molecular weight excluding hydrogens is 364 g/mol. The van der Waals surface area contributed by atoms with Gasteiger partial charge in [-0.05, 0) is 50.3 Å². The molecule has 6 heteroatoms. The van der Waals surface area contributed by atoms with Gasteiger partial charge in [-0.15, -0.1) is 0 Å². The van der Waals surface area contributed by atoms with Crippen molar-refractivity contribution in [3.05, 3.63) is 53.3 Å². The van der Waals surface area contributed by atoms with Crippen LogP contribution >= 0.6 is 0 Å². The highest BCUT2D eigenvalue weighted by Gasteiger charge is 2.32. The van der Waals surface area contributed by atoms with Crippen molar-refractivity contribution in [2.24, 2.45) is 0 Å². The van der Waals surface area contributed by atoms with Crippen LogP contribution < -0.4 is 0 Å². The lowest BCUT2D eigenvalue weighted by atomic mass is 9.89. The minimum atomic E-state index is -0.162. The summed E-state index contributed by atoms with van der Waals surface area (Å²) in [6, 6.07) is 11.2. The molecule has 1 unspecified atom stereocenters. The zero-order valence-corrected chi connectivity index (χ0v) is 17.3. The molecular formula is C23H32N4O2. The summed E-state index contributed by atoms with van der Waals surface area (Å²) in [7, 11) is 0. The van der Waals surface area contributed by atoms with E-state index in [9.17, 15) is 4.79 Å². The van der Waals surface area contributed by atoms with E-state index in [0.717, 1.165) is 45.4 Å². The fourth-order valence-electron chi connectivity index (χ4n) is 4.83. The van der Waals surface area contributed by atoms with Crippen LogP contribution in [0.2, 0.25) is 0 Å². The topological polar surface area (TPSA) is 61.5 Å². The number of aromatic amines is 1. The molecule has 1 amide bonds. The van der Waals surface area contributed by atoms with E-state index < -0.39 is 0 Å². The highest BCUT2D eigenvalue weighted by molar-refractivity contribution is 5.67. The first-order valence-corrected chi connectivity index (χ1v) is 11.0. The van der Waals surface area contributed by atoms with Gasteiger partial charge >= 0.3 is 6.09 Å². The van der Waals surface area contributed by atoms with Crippen LogP contribution in [0.1, 0.15) is 55.3 Å². The highest BCUT2D eigenvalue weighted by Crippen LogP contribution is 2.31. The largest absolute Gasteiger partial charge is 0.450 e. The Labute approximate surface area is 173 Å². The summed E-state index contributed by atoms with van der Waals surface area (Å²) in [5.41, 5.74) is 3.96. The number of amides is 1. The molecule has 3 heterocycles. The maximum Gasteiger partial charge on any atom is 0.409 e. The number of piperidine rings is 2. The fourth-order valence-corrected chi connectivity index (χ4v) is 4.83. The minimum Gasteiger partial charge on any atom is -0.450 e. The molecule has 156 valence electrons. The summed E-state index contributed by atoms with van der Waals surface area (Å²) in [5, 5.41) is 7.69. The molecule has 2 aliphatic heterocycles. The van der Waals surface area contributed by atoms with E-state index in [1.165, 1.54) is 29.7 Å². The molecule has 0 aliphatic carbocycles. The molecule has 4 rings (SSSR count). The number of benzene rings is 1. The predicted octanol–water partition coefficient (Wildman–Crippen LogP) is 3.80. The summed E-state index contributed by atoms with van der Waals surface area (Å²) in [5.74, 6) is 0.507. The monoisotopic (exact) mass is 396 g/mol. The molecule has 0 radical (unpaired) electrons. The van der Waals surface area contributed by atoms with E-state index in [1.54, 1.807) is 0 Å². The van der Waals surface area contributed by atoms with E-state index >= 15 is 0 Å². The van der Waals surface area contributed by atoms with Crippen LogP contribution in [0.25, 0.3) is 0 Å². The second-order valence-corrected chi connectivity index (χ2v) is 8.22. The normalized spacial score (nSPS) is 21.3. The summed E-state index contributed by atoms with van der Waals surface area (Å²) >= 11 is 0. The van der Waals surface area contributed by atoms with Gasteiger partial charge in [0.2, 0.25) is 0 Å². The van der Waals surface area contributed by atoms with Crippen molar-refractivity contribution in [1.29, 1.82) is 0 Å². The van der Waals surface area contributed by atoms with Gasteiger partial charge < -0.3 is 9.64 Å². The third-order valence-corrected chi connectivity index (χ3v) is 6.36. The van der Waals surface area contributed by atoms with Crippen LogP contribution in [-0.4, -0.2) is 64.9 Å². The number of carbonyl (C=O) groups excluding carboxylic acids is 1. The summed E-state index contributed by atoms with van der Waals surface area (Å²) < 4.78 is 5.15. The lowest BCUT2D eigenvalue weighted by Crippen LogP contribution is -2.49. The molecule has 1 N–H and O–H groups in total. The minimum absolute atomic E-state index is 0.162. The SMILES string of the molecule is CCOC(=O)N1CCC(N2CCCC(c3[nH]ncc3Cc3ccccc3)C2)CC1. The Balaban J connectivity index is 1.36. The van der Waals surface area contributed by atoms with Gasteiger partial charge in [-0.25, -0.2) is 4.79 Å². The van der Waals surface area contributed by atoms with Gasteiger partial charge in [0.25, 0.3) is 0 Å². The van der Waals surface area contributed by atoms with E-state index in [-0.39, 0.29) is 6.09 Å². The number of hydrogen-bond acceptors (Lipinski definition) is 4. The quantitative estimate of drug-likeness (QED) is 0.835. The van der Waals surface area contributed by atoms with Crippen LogP contribution in [0.5, 0.6) is 0 Å². The van der Waals surface area contributed by atoms with Crippen LogP contribution in [0, 0.1) is 0 Å². The number of rotatable bonds is 5. The van der Waals surface area contributed by atoms with Crippen LogP contribution in [0.15, 0.2) is 36.5 Å². The second-order valence-electron chi connectivity index (χ2n) is 8.22. The number of carbonyl (C=O) groups is 1. The molecule has 0 saturated carbocycles.